The molecule has 7 nitrogen and oxygen atoms in total. The summed E-state index contributed by atoms with van der Waals surface area (Å²) in [5, 5.41) is 11.5. The molecule has 3 N–H and O–H groups in total. The summed E-state index contributed by atoms with van der Waals surface area (Å²) in [6.07, 6.45) is 3.68. The van der Waals surface area contributed by atoms with Gasteiger partial charge in [-0.05, 0) is 37.5 Å². The summed E-state index contributed by atoms with van der Waals surface area (Å²) in [6, 6.07) is 5.85. The van der Waals surface area contributed by atoms with E-state index in [0.717, 1.165) is 24.2 Å². The van der Waals surface area contributed by atoms with Crippen molar-refractivity contribution in [2.75, 3.05) is 17.2 Å². The highest BCUT2D eigenvalue weighted by molar-refractivity contribution is 6.33. The first-order valence-corrected chi connectivity index (χ1v) is 8.57. The molecule has 1 aliphatic heterocycles. The van der Waals surface area contributed by atoms with E-state index >= 15 is 0 Å². The van der Waals surface area contributed by atoms with E-state index in [2.05, 4.69) is 15.0 Å². The SMILES string of the molecule is Cc1ocnc1C(C)(O)c1ccc2c(c1)N(c1nc(N)ncc1Cl)CC2. The standard InChI is InChI=1S/C18H18ClN5O2/c1-10-15(22-9-26-10)18(2,25)12-4-3-11-5-6-24(14(11)7-12)16-13(19)8-21-17(20)23-16/h3-4,7-9,25H,5-6H2,1-2H3,(H2,20,21,23). The predicted molar refractivity (Wildman–Crippen MR) is 98.5 cm³/mol. The second-order valence-corrected chi connectivity index (χ2v) is 6.88. The molecule has 0 radical (unpaired) electrons. The third kappa shape index (κ3) is 2.60. The van der Waals surface area contributed by atoms with Crippen LogP contribution in [0.2, 0.25) is 5.02 Å². The Bertz CT molecular complexity index is 985. The molecule has 1 aromatic carbocycles. The van der Waals surface area contributed by atoms with E-state index in [4.69, 9.17) is 21.8 Å². The molecule has 0 amide bonds. The van der Waals surface area contributed by atoms with Crippen LogP contribution < -0.4 is 10.6 Å². The number of anilines is 3. The number of benzene rings is 1. The number of aliphatic hydroxyl groups is 1. The van der Waals surface area contributed by atoms with E-state index in [1.54, 1.807) is 13.8 Å². The third-order valence-corrected chi connectivity index (χ3v) is 5.02. The Kier molecular flexibility index (Phi) is 3.86. The van der Waals surface area contributed by atoms with Gasteiger partial charge in [0.15, 0.2) is 12.2 Å². The Labute approximate surface area is 155 Å². The molecule has 0 fully saturated rings. The van der Waals surface area contributed by atoms with Gasteiger partial charge in [-0.1, -0.05) is 23.7 Å². The number of hydrogen-bond acceptors (Lipinski definition) is 7. The molecule has 0 saturated heterocycles. The van der Waals surface area contributed by atoms with Crippen LogP contribution in [0.1, 0.15) is 29.5 Å². The lowest BCUT2D eigenvalue weighted by atomic mass is 9.90. The second-order valence-electron chi connectivity index (χ2n) is 6.47. The number of nitrogens with zero attached hydrogens (tertiary/aromatic N) is 4. The highest BCUT2D eigenvalue weighted by atomic mass is 35.5. The van der Waals surface area contributed by atoms with Crippen LogP contribution in [0.15, 0.2) is 35.2 Å². The van der Waals surface area contributed by atoms with Crippen LogP contribution in [0, 0.1) is 6.92 Å². The van der Waals surface area contributed by atoms with Crippen LogP contribution in [0.3, 0.4) is 0 Å². The van der Waals surface area contributed by atoms with Gasteiger partial charge in [-0.25, -0.2) is 9.97 Å². The summed E-state index contributed by atoms with van der Waals surface area (Å²) in [7, 11) is 0. The molecule has 0 spiro atoms. The van der Waals surface area contributed by atoms with Crippen molar-refractivity contribution in [2.24, 2.45) is 0 Å². The van der Waals surface area contributed by atoms with Gasteiger partial charge in [-0.3, -0.25) is 0 Å². The van der Waals surface area contributed by atoms with Crippen LogP contribution in [0.5, 0.6) is 0 Å². The fraction of sp³-hybridized carbons (Fsp3) is 0.278. The lowest BCUT2D eigenvalue weighted by Gasteiger charge is -2.25. The molecule has 3 heterocycles. The number of halogens is 1. The molecule has 1 atom stereocenters. The van der Waals surface area contributed by atoms with Gasteiger partial charge in [0, 0.05) is 12.2 Å². The van der Waals surface area contributed by atoms with Crippen molar-refractivity contribution in [2.45, 2.75) is 25.9 Å². The van der Waals surface area contributed by atoms with Crippen molar-refractivity contribution < 1.29 is 9.52 Å². The van der Waals surface area contributed by atoms with Gasteiger partial charge >= 0.3 is 0 Å². The maximum atomic E-state index is 11.1. The van der Waals surface area contributed by atoms with Crippen LogP contribution in [-0.4, -0.2) is 26.6 Å². The topological polar surface area (TPSA) is 101 Å². The summed E-state index contributed by atoms with van der Waals surface area (Å²) in [5.74, 6) is 1.31. The molecule has 8 heteroatoms. The third-order valence-electron chi connectivity index (χ3n) is 4.75. The molecule has 1 unspecified atom stereocenters. The van der Waals surface area contributed by atoms with E-state index < -0.39 is 5.60 Å². The summed E-state index contributed by atoms with van der Waals surface area (Å²) >= 11 is 6.28. The first-order valence-electron chi connectivity index (χ1n) is 8.20. The highest BCUT2D eigenvalue weighted by Gasteiger charge is 2.33. The lowest BCUT2D eigenvalue weighted by Crippen LogP contribution is -2.25. The smallest absolute Gasteiger partial charge is 0.222 e. The largest absolute Gasteiger partial charge is 0.448 e. The first-order chi connectivity index (χ1) is 12.4. The molecule has 0 saturated carbocycles. The predicted octanol–water partition coefficient (Wildman–Crippen LogP) is 2.96. The van der Waals surface area contributed by atoms with Gasteiger partial charge < -0.3 is 20.2 Å². The van der Waals surface area contributed by atoms with Crippen molar-refractivity contribution in [1.82, 2.24) is 15.0 Å². The fourth-order valence-electron chi connectivity index (χ4n) is 3.37. The van der Waals surface area contributed by atoms with Crippen molar-refractivity contribution in [3.05, 3.63) is 58.4 Å². The quantitative estimate of drug-likeness (QED) is 0.729. The zero-order chi connectivity index (χ0) is 18.5. The Balaban J connectivity index is 1.80. The van der Waals surface area contributed by atoms with Gasteiger partial charge in [0.25, 0.3) is 0 Å². The zero-order valence-electron chi connectivity index (χ0n) is 14.4. The Morgan fingerprint density at radius 1 is 1.35 bits per heavy atom. The van der Waals surface area contributed by atoms with Gasteiger partial charge in [-0.15, -0.1) is 0 Å². The average molecular weight is 372 g/mol. The second kappa shape index (κ2) is 5.96. The molecule has 2 aromatic heterocycles. The van der Waals surface area contributed by atoms with Crippen LogP contribution in [-0.2, 0) is 12.0 Å². The highest BCUT2D eigenvalue weighted by Crippen LogP contribution is 2.40. The van der Waals surface area contributed by atoms with E-state index in [1.165, 1.54) is 12.6 Å². The van der Waals surface area contributed by atoms with Crippen molar-refractivity contribution in [3.63, 3.8) is 0 Å². The molecule has 1 aliphatic rings. The minimum absolute atomic E-state index is 0.166. The van der Waals surface area contributed by atoms with Crippen molar-refractivity contribution >= 4 is 29.1 Å². The van der Waals surface area contributed by atoms with Gasteiger partial charge in [0.2, 0.25) is 5.95 Å². The number of nitrogen functional groups attached to an aromatic ring is 1. The summed E-state index contributed by atoms with van der Waals surface area (Å²) in [5.41, 5.74) is 7.73. The maximum Gasteiger partial charge on any atom is 0.222 e. The average Bonchev–Trinajstić information content (AvgIpc) is 3.23. The number of rotatable bonds is 3. The Morgan fingerprint density at radius 2 is 2.15 bits per heavy atom. The number of nitrogens with two attached hydrogens (primary N) is 1. The van der Waals surface area contributed by atoms with Gasteiger partial charge in [0.05, 0.1) is 6.20 Å². The normalized spacial score (nSPS) is 15.8. The maximum absolute atomic E-state index is 11.1. The number of hydrogen-bond donors (Lipinski definition) is 2. The van der Waals surface area contributed by atoms with Crippen LogP contribution in [0.4, 0.5) is 17.5 Å². The molecule has 4 rings (SSSR count). The first kappa shape index (κ1) is 16.8. The van der Waals surface area contributed by atoms with E-state index in [1.807, 2.05) is 23.1 Å². The summed E-state index contributed by atoms with van der Waals surface area (Å²) < 4.78 is 5.25. The minimum atomic E-state index is -1.28. The zero-order valence-corrected chi connectivity index (χ0v) is 15.2. The van der Waals surface area contributed by atoms with Crippen LogP contribution >= 0.6 is 11.6 Å². The minimum Gasteiger partial charge on any atom is -0.448 e. The number of aryl methyl sites for hydroxylation is 1. The summed E-state index contributed by atoms with van der Waals surface area (Å²) in [6.45, 7) is 4.20. The Hall–Kier alpha value is -2.64. The Morgan fingerprint density at radius 3 is 2.88 bits per heavy atom. The fourth-order valence-corrected chi connectivity index (χ4v) is 3.57. The lowest BCUT2D eigenvalue weighted by molar-refractivity contribution is 0.0963. The molecular weight excluding hydrogens is 354 g/mol. The molecule has 0 bridgehead atoms. The van der Waals surface area contributed by atoms with E-state index in [9.17, 15) is 5.11 Å². The monoisotopic (exact) mass is 371 g/mol. The number of oxazole rings is 1. The van der Waals surface area contributed by atoms with E-state index in [-0.39, 0.29) is 5.95 Å². The molecule has 0 aliphatic carbocycles. The number of aromatic nitrogens is 3. The summed E-state index contributed by atoms with van der Waals surface area (Å²) in [4.78, 5) is 14.4. The number of fused-ring (bicyclic) bond motifs is 1. The van der Waals surface area contributed by atoms with E-state index in [0.29, 0.717) is 27.9 Å². The van der Waals surface area contributed by atoms with Crippen LogP contribution in [0.25, 0.3) is 0 Å². The van der Waals surface area contributed by atoms with Gasteiger partial charge in [-0.2, -0.15) is 4.98 Å². The molecule has 3 aromatic rings. The molecule has 134 valence electrons. The molecule has 26 heavy (non-hydrogen) atoms. The van der Waals surface area contributed by atoms with Gasteiger partial charge in [0.1, 0.15) is 22.1 Å². The van der Waals surface area contributed by atoms with Crippen molar-refractivity contribution in [3.8, 4) is 0 Å². The molecular formula is C18H18ClN5O2. The van der Waals surface area contributed by atoms with Crippen molar-refractivity contribution in [1.29, 1.82) is 0 Å².